The highest BCUT2D eigenvalue weighted by Gasteiger charge is 2.34. The summed E-state index contributed by atoms with van der Waals surface area (Å²) >= 11 is 1.56. The minimum atomic E-state index is -1.38. The molecule has 1 aromatic carbocycles. The average Bonchev–Trinajstić information content (AvgIpc) is 3.04. The zero-order valence-corrected chi connectivity index (χ0v) is 17.1. The first-order valence-electron chi connectivity index (χ1n) is 9.52. The number of unbranched alkanes of at least 4 members (excludes halogenated alkanes) is 1. The summed E-state index contributed by atoms with van der Waals surface area (Å²) in [5.74, 6) is -0.460. The smallest absolute Gasteiger partial charge is 0.268 e. The van der Waals surface area contributed by atoms with Gasteiger partial charge in [-0.15, -0.1) is 11.3 Å². The molecule has 5 nitrogen and oxygen atoms in total. The number of halogens is 1. The van der Waals surface area contributed by atoms with Gasteiger partial charge in [-0.1, -0.05) is 13.3 Å². The quantitative estimate of drug-likeness (QED) is 0.816. The number of hydrogen-bond donors (Lipinski definition) is 1. The fraction of sp³-hybridized carbons (Fsp3) is 0.550. The number of hydrogen-bond acceptors (Lipinski definition) is 5. The predicted molar refractivity (Wildman–Crippen MR) is 108 cm³/mol. The lowest BCUT2D eigenvalue weighted by molar-refractivity contribution is -0.167. The predicted octanol–water partition coefficient (Wildman–Crippen LogP) is 3.48. The summed E-state index contributed by atoms with van der Waals surface area (Å²) in [7, 11) is 0. The lowest BCUT2D eigenvalue weighted by Gasteiger charge is -2.43. The number of carbonyl (C=O) groups excluding carboxylic acids is 1. The summed E-state index contributed by atoms with van der Waals surface area (Å²) in [6.45, 7) is 8.79. The molecule has 0 radical (unpaired) electrons. The van der Waals surface area contributed by atoms with Crippen LogP contribution in [0.2, 0.25) is 0 Å². The highest BCUT2D eigenvalue weighted by Crippen LogP contribution is 2.34. The Morgan fingerprint density at radius 2 is 2.00 bits per heavy atom. The van der Waals surface area contributed by atoms with Gasteiger partial charge < -0.3 is 10.0 Å². The number of nitrogens with zero attached hydrogens (tertiary/aromatic N) is 3. The SMILES string of the molecule is CCCCN(C(=O)C(C)(C)O)N1CCN(c2csc3cc(F)ccc23)CC1. The van der Waals surface area contributed by atoms with Gasteiger partial charge in [-0.05, 0) is 38.5 Å². The van der Waals surface area contributed by atoms with Crippen LogP contribution in [-0.2, 0) is 4.79 Å². The van der Waals surface area contributed by atoms with Gasteiger partial charge in [0.05, 0.1) is 5.69 Å². The van der Waals surface area contributed by atoms with Crippen LogP contribution in [0, 0.1) is 5.82 Å². The van der Waals surface area contributed by atoms with E-state index >= 15 is 0 Å². The van der Waals surface area contributed by atoms with E-state index in [1.54, 1.807) is 36.3 Å². The van der Waals surface area contributed by atoms with E-state index in [0.717, 1.165) is 41.7 Å². The molecule has 1 aromatic heterocycles. The van der Waals surface area contributed by atoms with Crippen LogP contribution in [-0.4, -0.2) is 59.4 Å². The molecule has 0 bridgehead atoms. The molecule has 0 spiro atoms. The molecule has 3 rings (SSSR count). The number of anilines is 1. The molecule has 0 atom stereocenters. The molecule has 7 heteroatoms. The van der Waals surface area contributed by atoms with Crippen LogP contribution in [0.5, 0.6) is 0 Å². The Labute approximate surface area is 163 Å². The van der Waals surface area contributed by atoms with Crippen molar-refractivity contribution in [1.29, 1.82) is 0 Å². The largest absolute Gasteiger partial charge is 0.381 e. The molecule has 1 amide bonds. The molecule has 27 heavy (non-hydrogen) atoms. The fourth-order valence-electron chi connectivity index (χ4n) is 3.41. The molecule has 0 aliphatic carbocycles. The number of carbonyl (C=O) groups is 1. The number of thiophene rings is 1. The van der Waals surface area contributed by atoms with Gasteiger partial charge in [-0.2, -0.15) is 0 Å². The average molecular weight is 394 g/mol. The molecule has 0 saturated carbocycles. The van der Waals surface area contributed by atoms with E-state index in [1.165, 1.54) is 6.07 Å². The molecular weight excluding hydrogens is 365 g/mol. The number of rotatable bonds is 6. The molecular formula is C20H28FN3O2S. The molecule has 1 aliphatic rings. The summed E-state index contributed by atoms with van der Waals surface area (Å²) < 4.78 is 14.4. The van der Waals surface area contributed by atoms with E-state index in [-0.39, 0.29) is 11.7 Å². The molecule has 1 fully saturated rings. The van der Waals surface area contributed by atoms with Crippen LogP contribution in [0.15, 0.2) is 23.6 Å². The maximum Gasteiger partial charge on any atom is 0.268 e. The van der Waals surface area contributed by atoms with Gasteiger partial charge in [0, 0.05) is 48.2 Å². The Kier molecular flexibility index (Phi) is 6.03. The van der Waals surface area contributed by atoms with Crippen molar-refractivity contribution in [2.24, 2.45) is 0 Å². The van der Waals surface area contributed by atoms with Crippen molar-refractivity contribution in [3.05, 3.63) is 29.4 Å². The first-order chi connectivity index (χ1) is 12.8. The lowest BCUT2D eigenvalue weighted by atomic mass is 10.1. The zero-order valence-electron chi connectivity index (χ0n) is 16.2. The Bertz CT molecular complexity index is 794. The third-order valence-electron chi connectivity index (χ3n) is 4.94. The summed E-state index contributed by atoms with van der Waals surface area (Å²) in [5.41, 5.74) is -0.248. The van der Waals surface area contributed by atoms with E-state index in [0.29, 0.717) is 19.6 Å². The van der Waals surface area contributed by atoms with Crippen LogP contribution in [0.1, 0.15) is 33.6 Å². The maximum absolute atomic E-state index is 13.4. The number of amides is 1. The molecule has 148 valence electrons. The Balaban J connectivity index is 1.71. The van der Waals surface area contributed by atoms with Crippen LogP contribution in [0.3, 0.4) is 0 Å². The van der Waals surface area contributed by atoms with Crippen molar-refractivity contribution in [2.45, 2.75) is 39.2 Å². The Morgan fingerprint density at radius 1 is 1.30 bits per heavy atom. The molecule has 2 heterocycles. The molecule has 0 unspecified atom stereocenters. The van der Waals surface area contributed by atoms with Crippen molar-refractivity contribution in [2.75, 3.05) is 37.6 Å². The molecule has 1 N–H and O–H groups in total. The highest BCUT2D eigenvalue weighted by atomic mass is 32.1. The van der Waals surface area contributed by atoms with E-state index < -0.39 is 5.60 Å². The van der Waals surface area contributed by atoms with Gasteiger partial charge in [0.2, 0.25) is 0 Å². The van der Waals surface area contributed by atoms with Crippen molar-refractivity contribution in [3.63, 3.8) is 0 Å². The number of benzene rings is 1. The second kappa shape index (κ2) is 8.12. The van der Waals surface area contributed by atoms with E-state index in [9.17, 15) is 14.3 Å². The fourth-order valence-corrected chi connectivity index (χ4v) is 4.40. The zero-order chi connectivity index (χ0) is 19.6. The minimum absolute atomic E-state index is 0.211. The van der Waals surface area contributed by atoms with Crippen LogP contribution in [0.25, 0.3) is 10.1 Å². The van der Waals surface area contributed by atoms with E-state index in [1.807, 2.05) is 6.07 Å². The van der Waals surface area contributed by atoms with Gasteiger partial charge in [-0.25, -0.2) is 9.40 Å². The normalized spacial score (nSPS) is 16.1. The van der Waals surface area contributed by atoms with E-state index in [4.69, 9.17) is 0 Å². The van der Waals surface area contributed by atoms with Crippen molar-refractivity contribution < 1.29 is 14.3 Å². The molecule has 1 aliphatic heterocycles. The summed E-state index contributed by atoms with van der Waals surface area (Å²) in [4.78, 5) is 15.0. The van der Waals surface area contributed by atoms with Gasteiger partial charge >= 0.3 is 0 Å². The van der Waals surface area contributed by atoms with Gasteiger partial charge in [0.25, 0.3) is 5.91 Å². The maximum atomic E-state index is 13.4. The van der Waals surface area contributed by atoms with Crippen molar-refractivity contribution >= 4 is 33.0 Å². The Hall–Kier alpha value is -1.70. The summed E-state index contributed by atoms with van der Waals surface area (Å²) in [5, 5.41) is 17.1. The standard InChI is InChI=1S/C20H28FN3O2S/c1-4-5-8-24(19(25)20(2,3)26)23-11-9-22(10-12-23)17-14-27-18-13-15(21)6-7-16(17)18/h6-7,13-14,26H,4-5,8-12H2,1-3H3. The first-order valence-corrected chi connectivity index (χ1v) is 10.4. The van der Waals surface area contributed by atoms with E-state index in [2.05, 4.69) is 22.2 Å². The minimum Gasteiger partial charge on any atom is -0.381 e. The van der Waals surface area contributed by atoms with Crippen LogP contribution >= 0.6 is 11.3 Å². The monoisotopic (exact) mass is 393 g/mol. The van der Waals surface area contributed by atoms with Crippen molar-refractivity contribution in [1.82, 2.24) is 10.0 Å². The third-order valence-corrected chi connectivity index (χ3v) is 5.87. The van der Waals surface area contributed by atoms with Gasteiger partial charge in [0.15, 0.2) is 0 Å². The van der Waals surface area contributed by atoms with Gasteiger partial charge in [-0.3, -0.25) is 9.80 Å². The number of aliphatic hydroxyl groups is 1. The topological polar surface area (TPSA) is 47.0 Å². The summed E-state index contributed by atoms with van der Waals surface area (Å²) in [6.07, 6.45) is 1.90. The van der Waals surface area contributed by atoms with Crippen LogP contribution < -0.4 is 4.90 Å². The van der Waals surface area contributed by atoms with Crippen LogP contribution in [0.4, 0.5) is 10.1 Å². The number of piperazine rings is 1. The highest BCUT2D eigenvalue weighted by molar-refractivity contribution is 7.17. The first kappa shape index (κ1) is 20.0. The second-order valence-electron chi connectivity index (χ2n) is 7.54. The lowest BCUT2D eigenvalue weighted by Crippen LogP contribution is -2.59. The van der Waals surface area contributed by atoms with Crippen molar-refractivity contribution in [3.8, 4) is 0 Å². The Morgan fingerprint density at radius 3 is 2.63 bits per heavy atom. The third kappa shape index (κ3) is 4.42. The van der Waals surface area contributed by atoms with Gasteiger partial charge in [0.1, 0.15) is 11.4 Å². The second-order valence-corrected chi connectivity index (χ2v) is 8.45. The number of hydrazine groups is 1. The summed E-state index contributed by atoms with van der Waals surface area (Å²) in [6, 6.07) is 4.92. The number of fused-ring (bicyclic) bond motifs is 1. The molecule has 2 aromatic rings. The molecule has 1 saturated heterocycles.